The summed E-state index contributed by atoms with van der Waals surface area (Å²) in [5.74, 6) is 0.201. The summed E-state index contributed by atoms with van der Waals surface area (Å²) < 4.78 is 10.9. The number of aryl methyl sites for hydroxylation is 1. The van der Waals surface area contributed by atoms with Gasteiger partial charge in [0, 0.05) is 7.05 Å². The van der Waals surface area contributed by atoms with E-state index in [9.17, 15) is 9.59 Å². The normalized spacial score (nSPS) is 20.0. The van der Waals surface area contributed by atoms with Crippen LogP contribution in [0.15, 0.2) is 41.0 Å². The molecule has 0 aliphatic carbocycles. The van der Waals surface area contributed by atoms with Gasteiger partial charge in [0.05, 0.1) is 18.5 Å². The molecule has 0 spiro atoms. The fraction of sp³-hybridized carbons (Fsp3) is 0.294. The van der Waals surface area contributed by atoms with E-state index in [2.05, 4.69) is 5.32 Å². The summed E-state index contributed by atoms with van der Waals surface area (Å²) in [6.45, 7) is 3.61. The van der Waals surface area contributed by atoms with Crippen LogP contribution in [0.2, 0.25) is 0 Å². The SMILES string of the molecule is Cc1ccc2c(c1)N(C)C(=O)C(C)(C(=O)NCc1ccco1)O2. The standard InChI is InChI=1S/C17H18N2O4/c1-11-6-7-14-13(9-11)19(3)16(21)17(2,23-14)15(20)18-10-12-5-4-8-22-12/h4-9H,10H2,1-3H3,(H,18,20). The van der Waals surface area contributed by atoms with Crippen LogP contribution in [0.5, 0.6) is 5.75 Å². The number of benzene rings is 1. The molecule has 2 amide bonds. The number of hydrogen-bond acceptors (Lipinski definition) is 4. The van der Waals surface area contributed by atoms with E-state index in [0.29, 0.717) is 17.2 Å². The molecule has 1 aliphatic heterocycles. The summed E-state index contributed by atoms with van der Waals surface area (Å²) in [7, 11) is 1.64. The molecular formula is C17H18N2O4. The van der Waals surface area contributed by atoms with E-state index in [4.69, 9.17) is 9.15 Å². The summed E-state index contributed by atoms with van der Waals surface area (Å²) in [5.41, 5.74) is 0.0630. The number of ether oxygens (including phenoxy) is 1. The van der Waals surface area contributed by atoms with E-state index in [-0.39, 0.29) is 6.54 Å². The molecule has 0 fully saturated rings. The zero-order valence-electron chi connectivity index (χ0n) is 13.3. The van der Waals surface area contributed by atoms with Crippen LogP contribution in [0, 0.1) is 6.92 Å². The highest BCUT2D eigenvalue weighted by Gasteiger charge is 2.49. The molecule has 1 atom stereocenters. The molecule has 3 rings (SSSR count). The lowest BCUT2D eigenvalue weighted by Crippen LogP contribution is -2.61. The van der Waals surface area contributed by atoms with Gasteiger partial charge in [-0.25, -0.2) is 0 Å². The lowest BCUT2D eigenvalue weighted by atomic mass is 10.00. The maximum atomic E-state index is 12.6. The van der Waals surface area contributed by atoms with Gasteiger partial charge in [0.25, 0.3) is 17.4 Å². The molecule has 1 N–H and O–H groups in total. The van der Waals surface area contributed by atoms with E-state index in [1.54, 1.807) is 25.2 Å². The number of carbonyl (C=O) groups is 2. The first-order valence-corrected chi connectivity index (χ1v) is 7.30. The van der Waals surface area contributed by atoms with Crippen LogP contribution in [0.1, 0.15) is 18.2 Å². The van der Waals surface area contributed by atoms with Crippen molar-refractivity contribution in [2.75, 3.05) is 11.9 Å². The number of furan rings is 1. The Labute approximate surface area is 134 Å². The zero-order valence-corrected chi connectivity index (χ0v) is 13.3. The third-order valence-corrected chi connectivity index (χ3v) is 3.94. The molecule has 23 heavy (non-hydrogen) atoms. The third-order valence-electron chi connectivity index (χ3n) is 3.94. The van der Waals surface area contributed by atoms with E-state index < -0.39 is 17.4 Å². The third kappa shape index (κ3) is 2.56. The molecule has 0 saturated carbocycles. The van der Waals surface area contributed by atoms with Crippen molar-refractivity contribution in [2.45, 2.75) is 26.0 Å². The fourth-order valence-corrected chi connectivity index (χ4v) is 2.56. The Kier molecular flexibility index (Phi) is 3.60. The van der Waals surface area contributed by atoms with Gasteiger partial charge in [-0.2, -0.15) is 0 Å². The van der Waals surface area contributed by atoms with Gasteiger partial charge in [-0.1, -0.05) is 6.07 Å². The number of anilines is 1. The average Bonchev–Trinajstić information content (AvgIpc) is 3.05. The molecule has 120 valence electrons. The van der Waals surface area contributed by atoms with Gasteiger partial charge < -0.3 is 19.4 Å². The summed E-state index contributed by atoms with van der Waals surface area (Å²) in [4.78, 5) is 26.6. The molecule has 1 aromatic carbocycles. The van der Waals surface area contributed by atoms with Crippen LogP contribution in [0.3, 0.4) is 0 Å². The Hall–Kier alpha value is -2.76. The average molecular weight is 314 g/mol. The number of rotatable bonds is 3. The second kappa shape index (κ2) is 5.46. The highest BCUT2D eigenvalue weighted by molar-refractivity contribution is 6.16. The van der Waals surface area contributed by atoms with Crippen molar-refractivity contribution in [1.82, 2.24) is 5.32 Å². The molecule has 2 heterocycles. The molecule has 1 aromatic heterocycles. The Morgan fingerprint density at radius 1 is 1.35 bits per heavy atom. The van der Waals surface area contributed by atoms with Crippen LogP contribution >= 0.6 is 0 Å². The highest BCUT2D eigenvalue weighted by Crippen LogP contribution is 2.37. The van der Waals surface area contributed by atoms with Crippen molar-refractivity contribution < 1.29 is 18.7 Å². The number of amides is 2. The monoisotopic (exact) mass is 314 g/mol. The maximum Gasteiger partial charge on any atom is 0.280 e. The van der Waals surface area contributed by atoms with Gasteiger partial charge in [0.1, 0.15) is 11.5 Å². The minimum absolute atomic E-state index is 0.197. The van der Waals surface area contributed by atoms with Gasteiger partial charge in [-0.05, 0) is 43.7 Å². The molecule has 6 nitrogen and oxygen atoms in total. The number of fused-ring (bicyclic) bond motifs is 1. The summed E-state index contributed by atoms with van der Waals surface area (Å²) in [6.07, 6.45) is 1.53. The van der Waals surface area contributed by atoms with Crippen LogP contribution in [-0.2, 0) is 16.1 Å². The molecule has 6 heteroatoms. The smallest absolute Gasteiger partial charge is 0.280 e. The van der Waals surface area contributed by atoms with E-state index in [0.717, 1.165) is 5.56 Å². The molecule has 0 radical (unpaired) electrons. The number of carbonyl (C=O) groups excluding carboxylic acids is 2. The van der Waals surface area contributed by atoms with Crippen LogP contribution in [0.4, 0.5) is 5.69 Å². The van der Waals surface area contributed by atoms with Crippen LogP contribution in [0.25, 0.3) is 0 Å². The predicted octanol–water partition coefficient (Wildman–Crippen LogP) is 2.02. The fourth-order valence-electron chi connectivity index (χ4n) is 2.56. The van der Waals surface area contributed by atoms with Crippen molar-refractivity contribution in [3.63, 3.8) is 0 Å². The first-order chi connectivity index (χ1) is 10.9. The minimum Gasteiger partial charge on any atom is -0.467 e. The lowest BCUT2D eigenvalue weighted by molar-refractivity contribution is -0.148. The zero-order chi connectivity index (χ0) is 16.6. The molecule has 2 aromatic rings. The number of likely N-dealkylation sites (N-methyl/N-ethyl adjacent to an activating group) is 1. The van der Waals surface area contributed by atoms with E-state index in [1.165, 1.54) is 18.1 Å². The van der Waals surface area contributed by atoms with E-state index in [1.807, 2.05) is 19.1 Å². The van der Waals surface area contributed by atoms with Crippen LogP contribution < -0.4 is 15.0 Å². The first kappa shape index (κ1) is 15.1. The molecule has 1 aliphatic rings. The van der Waals surface area contributed by atoms with Gasteiger partial charge >= 0.3 is 0 Å². The van der Waals surface area contributed by atoms with Crippen molar-refractivity contribution in [2.24, 2.45) is 0 Å². The Balaban J connectivity index is 1.84. The molecule has 0 saturated heterocycles. The lowest BCUT2D eigenvalue weighted by Gasteiger charge is -2.38. The molecular weight excluding hydrogens is 296 g/mol. The van der Waals surface area contributed by atoms with E-state index >= 15 is 0 Å². The van der Waals surface area contributed by atoms with Crippen molar-refractivity contribution in [3.8, 4) is 5.75 Å². The summed E-state index contributed by atoms with van der Waals surface area (Å²) in [6, 6.07) is 8.98. The summed E-state index contributed by atoms with van der Waals surface area (Å²) in [5, 5.41) is 2.68. The molecule has 1 unspecified atom stereocenters. The van der Waals surface area contributed by atoms with Gasteiger partial charge in [-0.15, -0.1) is 0 Å². The first-order valence-electron chi connectivity index (χ1n) is 7.30. The van der Waals surface area contributed by atoms with Crippen molar-refractivity contribution in [1.29, 1.82) is 0 Å². The summed E-state index contributed by atoms with van der Waals surface area (Å²) >= 11 is 0. The predicted molar refractivity (Wildman–Crippen MR) is 84.2 cm³/mol. The highest BCUT2D eigenvalue weighted by atomic mass is 16.5. The second-order valence-corrected chi connectivity index (χ2v) is 5.73. The van der Waals surface area contributed by atoms with Gasteiger partial charge in [-0.3, -0.25) is 9.59 Å². The number of hydrogen-bond donors (Lipinski definition) is 1. The largest absolute Gasteiger partial charge is 0.467 e. The quantitative estimate of drug-likeness (QED) is 0.880. The van der Waals surface area contributed by atoms with Gasteiger partial charge in [0.2, 0.25) is 0 Å². The van der Waals surface area contributed by atoms with Gasteiger partial charge in [0.15, 0.2) is 0 Å². The molecule has 0 bridgehead atoms. The maximum absolute atomic E-state index is 12.6. The Morgan fingerprint density at radius 2 is 2.13 bits per heavy atom. The van der Waals surface area contributed by atoms with Crippen molar-refractivity contribution in [3.05, 3.63) is 47.9 Å². The Bertz CT molecular complexity index is 754. The van der Waals surface area contributed by atoms with Crippen molar-refractivity contribution >= 4 is 17.5 Å². The minimum atomic E-state index is -1.61. The number of nitrogens with one attached hydrogen (secondary N) is 1. The van der Waals surface area contributed by atoms with Crippen LogP contribution in [-0.4, -0.2) is 24.5 Å². The topological polar surface area (TPSA) is 71.8 Å². The number of nitrogens with zero attached hydrogens (tertiary/aromatic N) is 1. The Morgan fingerprint density at radius 3 is 2.83 bits per heavy atom. The second-order valence-electron chi connectivity index (χ2n) is 5.73.